The summed E-state index contributed by atoms with van der Waals surface area (Å²) in [7, 11) is 0. The highest BCUT2D eigenvalue weighted by Crippen LogP contribution is 2.48. The van der Waals surface area contributed by atoms with Gasteiger partial charge in [-0.15, -0.1) is 0 Å². The molecule has 0 amide bonds. The molecule has 0 aromatic carbocycles. The molecule has 0 aliphatic heterocycles. The molecule has 0 aromatic heterocycles. The second kappa shape index (κ2) is 41.5. The Bertz CT molecular complexity index is 1400. The van der Waals surface area contributed by atoms with E-state index in [9.17, 15) is 0 Å². The van der Waals surface area contributed by atoms with Crippen LogP contribution in [0.5, 0.6) is 0 Å². The number of hydrogen-bond donors (Lipinski definition) is 0. The molecule has 0 aromatic rings. The molecule has 0 heteroatoms. The van der Waals surface area contributed by atoms with Gasteiger partial charge in [0.1, 0.15) is 0 Å². The van der Waals surface area contributed by atoms with Crippen molar-refractivity contribution in [1.29, 1.82) is 0 Å². The molecule has 12 aliphatic rings. The molecular weight excluding hydrogens is 1010 g/mol. The van der Waals surface area contributed by atoms with E-state index in [1.165, 1.54) is 225 Å². The summed E-state index contributed by atoms with van der Waals surface area (Å²) in [6.07, 6.45) is 51.2. The van der Waals surface area contributed by atoms with Crippen molar-refractivity contribution < 1.29 is 0 Å². The van der Waals surface area contributed by atoms with Gasteiger partial charge in [0.15, 0.2) is 0 Å². The van der Waals surface area contributed by atoms with E-state index in [0.29, 0.717) is 16.2 Å². The third kappa shape index (κ3) is 32.3. The van der Waals surface area contributed by atoms with Crippen molar-refractivity contribution in [2.75, 3.05) is 0 Å². The maximum atomic E-state index is 2.39. The molecule has 0 saturated heterocycles. The van der Waals surface area contributed by atoms with Crippen LogP contribution in [0.25, 0.3) is 0 Å². The Labute approximate surface area is 536 Å². The van der Waals surface area contributed by atoms with Gasteiger partial charge in [-0.25, -0.2) is 0 Å². The van der Waals surface area contributed by atoms with Gasteiger partial charge >= 0.3 is 0 Å². The Balaban J connectivity index is 0.000000458. The molecule has 12 rings (SSSR count). The fourth-order valence-electron chi connectivity index (χ4n) is 15.3. The lowest BCUT2D eigenvalue weighted by atomic mass is 9.64. The summed E-state index contributed by atoms with van der Waals surface area (Å²) in [5, 5.41) is 0. The molecule has 0 N–H and O–H groups in total. The van der Waals surface area contributed by atoms with Gasteiger partial charge in [-0.2, -0.15) is 0 Å². The molecule has 8 atom stereocenters. The van der Waals surface area contributed by atoms with E-state index in [4.69, 9.17) is 0 Å². The predicted molar refractivity (Wildman–Crippen MR) is 386 cm³/mol. The van der Waals surface area contributed by atoms with Crippen LogP contribution in [0, 0.1) is 128 Å². The Hall–Kier alpha value is 0. The van der Waals surface area contributed by atoms with E-state index in [1.807, 2.05) is 0 Å². The van der Waals surface area contributed by atoms with E-state index in [1.54, 1.807) is 0 Å². The van der Waals surface area contributed by atoms with Crippen molar-refractivity contribution in [3.63, 3.8) is 0 Å². The Kier molecular flexibility index (Phi) is 40.5. The minimum Gasteiger partial charge on any atom is -0.0654 e. The van der Waals surface area contributed by atoms with Crippen LogP contribution >= 0.6 is 0 Å². The van der Waals surface area contributed by atoms with Crippen LogP contribution in [0.15, 0.2) is 0 Å². The van der Waals surface area contributed by atoms with Crippen LogP contribution in [-0.2, 0) is 0 Å². The molecular formula is C84H168. The van der Waals surface area contributed by atoms with Crippen molar-refractivity contribution >= 4 is 0 Å². The van der Waals surface area contributed by atoms with E-state index < -0.39 is 0 Å². The maximum absolute atomic E-state index is 2.39. The molecule has 0 heterocycles. The highest BCUT2D eigenvalue weighted by molar-refractivity contribution is 4.87. The summed E-state index contributed by atoms with van der Waals surface area (Å²) in [6, 6.07) is 0. The van der Waals surface area contributed by atoms with Gasteiger partial charge in [0.25, 0.3) is 0 Å². The minimum absolute atomic E-state index is 0.681. The predicted octanol–water partition coefficient (Wildman–Crippen LogP) is 29.6. The van der Waals surface area contributed by atoms with Crippen LogP contribution < -0.4 is 0 Å². The zero-order chi connectivity index (χ0) is 64.1. The van der Waals surface area contributed by atoms with Gasteiger partial charge in [0, 0.05) is 0 Å². The fraction of sp³-hybridized carbons (Fsp3) is 1.00. The highest BCUT2D eigenvalue weighted by Gasteiger charge is 2.36. The first-order valence-electron chi connectivity index (χ1n) is 39.2. The average molecular weight is 1180 g/mol. The molecule has 0 radical (unpaired) electrons. The zero-order valence-corrected chi connectivity index (χ0v) is 64.1. The smallest absolute Gasteiger partial charge is 0.0328 e. The van der Waals surface area contributed by atoms with E-state index in [0.717, 1.165) is 111 Å². The van der Waals surface area contributed by atoms with E-state index in [2.05, 4.69) is 187 Å². The summed E-state index contributed by atoms with van der Waals surface area (Å²) in [4.78, 5) is 0. The largest absolute Gasteiger partial charge is 0.0654 e. The average Bonchev–Trinajstić information content (AvgIpc) is 3.42. The van der Waals surface area contributed by atoms with Gasteiger partial charge in [-0.3, -0.25) is 0 Å². The Morgan fingerprint density at radius 3 is 0.738 bits per heavy atom. The zero-order valence-electron chi connectivity index (χ0n) is 64.1. The number of rotatable bonds is 9. The molecule has 12 aliphatic carbocycles. The molecule has 6 unspecified atom stereocenters. The van der Waals surface area contributed by atoms with Crippen LogP contribution in [0.3, 0.4) is 0 Å². The van der Waals surface area contributed by atoms with Gasteiger partial charge in [-0.05, 0) is 237 Å². The Morgan fingerprint density at radius 1 is 0.357 bits per heavy atom. The molecule has 12 saturated carbocycles. The molecule has 504 valence electrons. The Morgan fingerprint density at radius 2 is 0.714 bits per heavy atom. The van der Waals surface area contributed by atoms with Gasteiger partial charge < -0.3 is 0 Å². The van der Waals surface area contributed by atoms with Crippen molar-refractivity contribution in [3.8, 4) is 0 Å². The summed E-state index contributed by atoms with van der Waals surface area (Å²) in [6.45, 7) is 62.9. The third-order valence-corrected chi connectivity index (χ3v) is 27.0. The quantitative estimate of drug-likeness (QED) is 0.216. The maximum Gasteiger partial charge on any atom is -0.0328 e. The van der Waals surface area contributed by atoms with E-state index >= 15 is 0 Å². The fourth-order valence-corrected chi connectivity index (χ4v) is 15.3. The summed E-state index contributed by atoms with van der Waals surface area (Å²) < 4.78 is 0. The molecule has 84 heavy (non-hydrogen) atoms. The SMILES string of the molecule is CC(C)C1CCC1.CC1CC(C)(C)C1.CC1CC(C)C1C.CC1CCC1(C)C.CCC1(C)CCC1.CCC1(C)CCC1.CCC1CC(C)C1.CCC1CC(C)C1.CCC1CCC1C.CCC1CC[C@@H]1C.CCCC1CCC1.C[C@H]1CCC1(C)C. The standard InChI is InChI=1S/12C7H14/c1-6-4-7(2,3)5-6;2*1-6-4-5-7(6,2)3;1-5-4-6(2)7(5)3;1-6(2)7-4-3-5-7;2*1-3-7-4-6(2)5-7;2*1-3-7(2)5-4-6-7;2*1-3-7-5-4-6(7)2;1-2-4-7-5-3-6-7/h3*6H,4-5H2,1-3H3;5-7H,4H2,1-3H3;3*6-7H,3-5H2,1-2H3;2*3-6H2,1-2H3;2*6-7H,3-5H2,1-2H3;7H,2-6H2,1H3/t;6-;;;;;;;;6-,7?;;/m.0.......0../s1. The summed E-state index contributed by atoms with van der Waals surface area (Å²) in [5.74, 6) is 17.7. The van der Waals surface area contributed by atoms with Crippen LogP contribution in [0.2, 0.25) is 0 Å². The first-order valence-corrected chi connectivity index (χ1v) is 39.2. The second-order valence-electron chi connectivity index (χ2n) is 36.3. The highest BCUT2D eigenvalue weighted by atomic mass is 14.4. The summed E-state index contributed by atoms with van der Waals surface area (Å²) in [5.41, 5.74) is 3.58. The van der Waals surface area contributed by atoms with Crippen LogP contribution in [0.4, 0.5) is 0 Å². The van der Waals surface area contributed by atoms with Crippen molar-refractivity contribution in [3.05, 3.63) is 0 Å². The second-order valence-corrected chi connectivity index (χ2v) is 36.3. The monoisotopic (exact) mass is 1180 g/mol. The van der Waals surface area contributed by atoms with Gasteiger partial charge in [-0.1, -0.05) is 303 Å². The third-order valence-electron chi connectivity index (χ3n) is 27.0. The van der Waals surface area contributed by atoms with Crippen molar-refractivity contribution in [1.82, 2.24) is 0 Å². The van der Waals surface area contributed by atoms with Crippen LogP contribution in [-0.4, -0.2) is 0 Å². The molecule has 12 fully saturated rings. The molecule has 0 nitrogen and oxygen atoms in total. The van der Waals surface area contributed by atoms with Crippen molar-refractivity contribution in [2.24, 2.45) is 128 Å². The topological polar surface area (TPSA) is 0 Å². The first-order chi connectivity index (χ1) is 39.2. The minimum atomic E-state index is 0.681. The summed E-state index contributed by atoms with van der Waals surface area (Å²) >= 11 is 0. The molecule has 0 bridgehead atoms. The van der Waals surface area contributed by atoms with Gasteiger partial charge in [0.2, 0.25) is 0 Å². The lowest BCUT2D eigenvalue weighted by molar-refractivity contribution is 0.0891. The number of hydrogen-bond acceptors (Lipinski definition) is 0. The van der Waals surface area contributed by atoms with Crippen molar-refractivity contribution in [2.45, 2.75) is 412 Å². The van der Waals surface area contributed by atoms with E-state index in [-0.39, 0.29) is 0 Å². The lowest BCUT2D eigenvalue weighted by Crippen LogP contribution is -2.31. The van der Waals surface area contributed by atoms with Gasteiger partial charge in [0.05, 0.1) is 0 Å². The normalized spacial score (nSPS) is 34.5. The lowest BCUT2D eigenvalue weighted by Gasteiger charge is -2.42. The van der Waals surface area contributed by atoms with Crippen LogP contribution in [0.1, 0.15) is 412 Å². The first kappa shape index (κ1) is 82.0. The molecule has 0 spiro atoms.